The van der Waals surface area contributed by atoms with Crippen LogP contribution in [0, 0.1) is 21.4 Å². The van der Waals surface area contributed by atoms with E-state index in [0.717, 1.165) is 0 Å². The van der Waals surface area contributed by atoms with E-state index in [-0.39, 0.29) is 5.69 Å². The number of allylic oxidation sites excluding steroid dienone is 1. The van der Waals surface area contributed by atoms with E-state index in [0.29, 0.717) is 28.2 Å². The average Bonchev–Trinajstić information content (AvgIpc) is 2.59. The monoisotopic (exact) mass is 310 g/mol. The lowest BCUT2D eigenvalue weighted by molar-refractivity contribution is -0.384. The van der Waals surface area contributed by atoms with Gasteiger partial charge in [0.2, 0.25) is 0 Å². The maximum absolute atomic E-state index is 10.9. The van der Waals surface area contributed by atoms with Gasteiger partial charge < -0.3 is 9.47 Å². The summed E-state index contributed by atoms with van der Waals surface area (Å²) in [5, 5.41) is 20.0. The van der Waals surface area contributed by atoms with E-state index in [1.165, 1.54) is 32.4 Å². The van der Waals surface area contributed by atoms with Gasteiger partial charge in [0.15, 0.2) is 11.5 Å². The Kier molecular flexibility index (Phi) is 4.95. The Labute approximate surface area is 133 Å². The van der Waals surface area contributed by atoms with Crippen molar-refractivity contribution in [3.63, 3.8) is 0 Å². The van der Waals surface area contributed by atoms with Gasteiger partial charge in [0.05, 0.1) is 25.2 Å². The molecule has 0 fully saturated rings. The maximum atomic E-state index is 10.9. The minimum absolute atomic E-state index is 0.0354. The fourth-order valence-electron chi connectivity index (χ4n) is 2.19. The van der Waals surface area contributed by atoms with Crippen LogP contribution in [0.4, 0.5) is 5.69 Å². The number of nitriles is 1. The molecule has 0 aliphatic rings. The van der Waals surface area contributed by atoms with Gasteiger partial charge in [0, 0.05) is 18.2 Å². The van der Waals surface area contributed by atoms with Crippen molar-refractivity contribution in [3.05, 3.63) is 69.8 Å². The number of hydrogen-bond donors (Lipinski definition) is 0. The molecule has 0 saturated heterocycles. The Morgan fingerprint density at radius 1 is 1.13 bits per heavy atom. The summed E-state index contributed by atoms with van der Waals surface area (Å²) in [5.41, 5.74) is 1.81. The number of benzene rings is 2. The highest BCUT2D eigenvalue weighted by atomic mass is 16.6. The molecule has 6 nitrogen and oxygen atoms in total. The molecule has 116 valence electrons. The SMILES string of the molecule is COc1ccc(/C(=C\C#N)c2cccc([N+](=O)[O-])c2)cc1OC. The van der Waals surface area contributed by atoms with Crippen LogP contribution >= 0.6 is 0 Å². The van der Waals surface area contributed by atoms with Crippen molar-refractivity contribution >= 4 is 11.3 Å². The molecule has 23 heavy (non-hydrogen) atoms. The molecule has 0 heterocycles. The molecule has 0 bridgehead atoms. The number of rotatable bonds is 5. The molecule has 2 aromatic carbocycles. The first kappa shape index (κ1) is 16.0. The smallest absolute Gasteiger partial charge is 0.270 e. The van der Waals surface area contributed by atoms with E-state index in [1.807, 2.05) is 6.07 Å². The summed E-state index contributed by atoms with van der Waals surface area (Å²) in [6.45, 7) is 0. The first-order valence-electron chi connectivity index (χ1n) is 6.67. The van der Waals surface area contributed by atoms with Crippen LogP contribution in [0.1, 0.15) is 11.1 Å². The molecule has 0 spiro atoms. The zero-order valence-corrected chi connectivity index (χ0v) is 12.6. The molecule has 0 amide bonds. The van der Waals surface area contributed by atoms with Gasteiger partial charge in [-0.25, -0.2) is 0 Å². The minimum atomic E-state index is -0.470. The first-order chi connectivity index (χ1) is 11.1. The number of methoxy groups -OCH3 is 2. The van der Waals surface area contributed by atoms with E-state index < -0.39 is 4.92 Å². The summed E-state index contributed by atoms with van der Waals surface area (Å²) in [5.74, 6) is 1.07. The predicted molar refractivity (Wildman–Crippen MR) is 85.3 cm³/mol. The molecule has 2 rings (SSSR count). The highest BCUT2D eigenvalue weighted by Gasteiger charge is 2.13. The van der Waals surface area contributed by atoms with Crippen molar-refractivity contribution < 1.29 is 14.4 Å². The van der Waals surface area contributed by atoms with Crippen LogP contribution in [0.5, 0.6) is 11.5 Å². The fraction of sp³-hybridized carbons (Fsp3) is 0.118. The Hall–Kier alpha value is -3.33. The van der Waals surface area contributed by atoms with E-state index in [1.54, 1.807) is 30.3 Å². The Bertz CT molecular complexity index is 806. The van der Waals surface area contributed by atoms with Crippen molar-refractivity contribution in [2.75, 3.05) is 14.2 Å². The minimum Gasteiger partial charge on any atom is -0.493 e. The molecule has 2 aromatic rings. The van der Waals surface area contributed by atoms with Gasteiger partial charge in [0.1, 0.15) is 0 Å². The zero-order chi connectivity index (χ0) is 16.8. The lowest BCUT2D eigenvalue weighted by Crippen LogP contribution is -1.95. The fourth-order valence-corrected chi connectivity index (χ4v) is 2.19. The van der Waals surface area contributed by atoms with E-state index in [4.69, 9.17) is 14.7 Å². The van der Waals surface area contributed by atoms with Crippen LogP contribution in [0.15, 0.2) is 48.5 Å². The molecular formula is C17H14N2O4. The van der Waals surface area contributed by atoms with Gasteiger partial charge in [-0.3, -0.25) is 10.1 Å². The molecule has 0 aliphatic carbocycles. The van der Waals surface area contributed by atoms with Gasteiger partial charge in [-0.15, -0.1) is 0 Å². The van der Waals surface area contributed by atoms with E-state index >= 15 is 0 Å². The van der Waals surface area contributed by atoms with Crippen LogP contribution in [-0.4, -0.2) is 19.1 Å². The summed E-state index contributed by atoms with van der Waals surface area (Å²) in [4.78, 5) is 10.5. The molecule has 0 aromatic heterocycles. The molecule has 0 unspecified atom stereocenters. The summed E-state index contributed by atoms with van der Waals surface area (Å²) in [6.07, 6.45) is 1.35. The van der Waals surface area contributed by atoms with Crippen molar-refractivity contribution in [1.82, 2.24) is 0 Å². The normalized spacial score (nSPS) is 10.7. The summed E-state index contributed by atoms with van der Waals surface area (Å²) >= 11 is 0. The highest BCUT2D eigenvalue weighted by Crippen LogP contribution is 2.33. The van der Waals surface area contributed by atoms with Gasteiger partial charge >= 0.3 is 0 Å². The lowest BCUT2D eigenvalue weighted by atomic mass is 9.97. The molecule has 0 atom stereocenters. The van der Waals surface area contributed by atoms with Gasteiger partial charge in [-0.1, -0.05) is 18.2 Å². The number of nitrogens with zero attached hydrogens (tertiary/aromatic N) is 2. The van der Waals surface area contributed by atoms with Crippen molar-refractivity contribution in [2.24, 2.45) is 0 Å². The van der Waals surface area contributed by atoms with Gasteiger partial charge in [0.25, 0.3) is 5.69 Å². The summed E-state index contributed by atoms with van der Waals surface area (Å²) in [6, 6.07) is 13.3. The third kappa shape index (κ3) is 3.47. The molecule has 0 N–H and O–H groups in total. The number of hydrogen-bond acceptors (Lipinski definition) is 5. The van der Waals surface area contributed by atoms with Crippen LogP contribution in [0.25, 0.3) is 5.57 Å². The molecule has 6 heteroatoms. The second kappa shape index (κ2) is 7.09. The van der Waals surface area contributed by atoms with Crippen molar-refractivity contribution in [3.8, 4) is 17.6 Å². The van der Waals surface area contributed by atoms with Crippen LogP contribution in [0.3, 0.4) is 0 Å². The van der Waals surface area contributed by atoms with E-state index in [2.05, 4.69) is 0 Å². The second-order valence-corrected chi connectivity index (χ2v) is 4.56. The summed E-state index contributed by atoms with van der Waals surface area (Å²) < 4.78 is 10.4. The topological polar surface area (TPSA) is 85.4 Å². The highest BCUT2D eigenvalue weighted by molar-refractivity contribution is 5.83. The lowest BCUT2D eigenvalue weighted by Gasteiger charge is -2.12. The quantitative estimate of drug-likeness (QED) is 0.479. The van der Waals surface area contributed by atoms with Crippen LogP contribution < -0.4 is 9.47 Å². The molecule has 0 saturated carbocycles. The second-order valence-electron chi connectivity index (χ2n) is 4.56. The molecule has 0 radical (unpaired) electrons. The maximum Gasteiger partial charge on any atom is 0.270 e. The molecular weight excluding hydrogens is 296 g/mol. The third-order valence-electron chi connectivity index (χ3n) is 3.27. The number of nitro groups is 1. The number of non-ortho nitro benzene ring substituents is 1. The first-order valence-corrected chi connectivity index (χ1v) is 6.67. The largest absolute Gasteiger partial charge is 0.493 e. The van der Waals surface area contributed by atoms with Crippen molar-refractivity contribution in [2.45, 2.75) is 0 Å². The zero-order valence-electron chi connectivity index (χ0n) is 12.6. The standard InChI is InChI=1S/C17H14N2O4/c1-22-16-7-6-13(11-17(16)23-2)15(8-9-18)12-4-3-5-14(10-12)19(20)21/h3-8,10-11H,1-2H3/b15-8-. The predicted octanol–water partition coefficient (Wildman–Crippen LogP) is 3.57. The van der Waals surface area contributed by atoms with Crippen molar-refractivity contribution in [1.29, 1.82) is 5.26 Å². The van der Waals surface area contributed by atoms with E-state index in [9.17, 15) is 10.1 Å². The van der Waals surface area contributed by atoms with Crippen LogP contribution in [0.2, 0.25) is 0 Å². The van der Waals surface area contributed by atoms with Gasteiger partial charge in [-0.05, 0) is 28.8 Å². The number of nitro benzene ring substituents is 1. The van der Waals surface area contributed by atoms with Crippen LogP contribution in [-0.2, 0) is 0 Å². The Morgan fingerprint density at radius 2 is 1.83 bits per heavy atom. The third-order valence-corrected chi connectivity index (χ3v) is 3.27. The van der Waals surface area contributed by atoms with Gasteiger partial charge in [-0.2, -0.15) is 5.26 Å². The molecule has 0 aliphatic heterocycles. The Balaban J connectivity index is 2.56. The average molecular weight is 310 g/mol. The number of ether oxygens (including phenoxy) is 2. The summed E-state index contributed by atoms with van der Waals surface area (Å²) in [7, 11) is 3.05. The Morgan fingerprint density at radius 3 is 2.43 bits per heavy atom.